The van der Waals surface area contributed by atoms with Crippen molar-refractivity contribution in [3.63, 3.8) is 0 Å². The number of carbonyl (C=O) groups is 4. The average Bonchev–Trinajstić information content (AvgIpc) is 3.33. The molecule has 0 aromatic heterocycles. The average molecular weight is 544 g/mol. The van der Waals surface area contributed by atoms with E-state index in [1.165, 1.54) is 7.11 Å². The number of alkyl halides is 2. The lowest BCUT2D eigenvalue weighted by atomic mass is 9.81. The van der Waals surface area contributed by atoms with Crippen molar-refractivity contribution < 1.29 is 28.7 Å². The molecule has 4 rings (SSSR count). The van der Waals surface area contributed by atoms with E-state index in [2.05, 4.69) is 37.2 Å². The van der Waals surface area contributed by atoms with Gasteiger partial charge in [-0.05, 0) is 30.4 Å². The highest BCUT2D eigenvalue weighted by Crippen LogP contribution is 2.60. The molecular weight excluding hydrogens is 524 g/mol. The summed E-state index contributed by atoms with van der Waals surface area (Å²) in [6, 6.07) is 6.83. The molecule has 3 aliphatic rings. The van der Waals surface area contributed by atoms with Gasteiger partial charge in [-0.15, -0.1) is 0 Å². The molecule has 3 fully saturated rings. The van der Waals surface area contributed by atoms with Gasteiger partial charge in [-0.1, -0.05) is 44.0 Å². The molecule has 0 spiro atoms. The second kappa shape index (κ2) is 8.30. The quantitative estimate of drug-likeness (QED) is 0.334. The smallest absolute Gasteiger partial charge is 0.326 e. The van der Waals surface area contributed by atoms with E-state index < -0.39 is 25.0 Å². The summed E-state index contributed by atoms with van der Waals surface area (Å²) < 4.78 is 10.1. The van der Waals surface area contributed by atoms with E-state index in [9.17, 15) is 19.2 Å². The highest BCUT2D eigenvalue weighted by atomic mass is 79.9. The largest absolute Gasteiger partial charge is 0.495 e. The van der Waals surface area contributed by atoms with Crippen molar-refractivity contribution in [1.82, 2.24) is 4.90 Å². The van der Waals surface area contributed by atoms with Crippen LogP contribution in [0.4, 0.5) is 5.69 Å². The lowest BCUT2D eigenvalue weighted by Crippen LogP contribution is -2.38. The minimum absolute atomic E-state index is 0.0773. The van der Waals surface area contributed by atoms with Crippen LogP contribution in [0.2, 0.25) is 0 Å². The van der Waals surface area contributed by atoms with Gasteiger partial charge in [-0.2, -0.15) is 0 Å². The molecule has 1 N–H and O–H groups in total. The van der Waals surface area contributed by atoms with Gasteiger partial charge in [-0.25, -0.2) is 0 Å². The normalized spacial score (nSPS) is 31.6. The van der Waals surface area contributed by atoms with Gasteiger partial charge in [0.1, 0.15) is 12.3 Å². The van der Waals surface area contributed by atoms with Crippen molar-refractivity contribution in [1.29, 1.82) is 0 Å². The lowest BCUT2D eigenvalue weighted by molar-refractivity contribution is -0.154. The summed E-state index contributed by atoms with van der Waals surface area (Å²) in [5.41, 5.74) is 0.447. The van der Waals surface area contributed by atoms with Gasteiger partial charge >= 0.3 is 5.97 Å². The van der Waals surface area contributed by atoms with Crippen LogP contribution in [0, 0.1) is 23.7 Å². The maximum Gasteiger partial charge on any atom is 0.326 e. The lowest BCUT2D eigenvalue weighted by Gasteiger charge is -2.28. The molecule has 10 heteroatoms. The Bertz CT molecular complexity index is 877. The van der Waals surface area contributed by atoms with E-state index in [1.54, 1.807) is 24.3 Å². The Labute approximate surface area is 189 Å². The summed E-state index contributed by atoms with van der Waals surface area (Å²) in [5.74, 6) is -2.14. The van der Waals surface area contributed by atoms with Crippen LogP contribution >= 0.6 is 31.9 Å². The van der Waals surface area contributed by atoms with Crippen molar-refractivity contribution in [2.45, 2.75) is 16.1 Å². The fourth-order valence-corrected chi connectivity index (χ4v) is 6.69. The molecule has 1 heterocycles. The zero-order chi connectivity index (χ0) is 21.6. The number of amides is 3. The first-order valence-electron chi connectivity index (χ1n) is 9.55. The SMILES string of the molecule is COc1ccccc1NC(=O)COC(=O)CN1C(=O)[C@@H]2[C@H]3C[C@@H]([C@H](Br)[C@H]3Br)[C@@H]2C1=O. The fourth-order valence-electron chi connectivity index (χ4n) is 4.82. The second-order valence-electron chi connectivity index (χ2n) is 7.68. The number of hydrogen-bond donors (Lipinski definition) is 1. The minimum Gasteiger partial charge on any atom is -0.495 e. The predicted octanol–water partition coefficient (Wildman–Crippen LogP) is 1.95. The first kappa shape index (κ1) is 21.3. The number of carbonyl (C=O) groups excluding carboxylic acids is 4. The van der Waals surface area contributed by atoms with Crippen molar-refractivity contribution in [2.24, 2.45) is 23.7 Å². The minimum atomic E-state index is -0.801. The number of para-hydroxylation sites is 2. The molecule has 3 amide bonds. The highest BCUT2D eigenvalue weighted by Gasteiger charge is 2.66. The van der Waals surface area contributed by atoms with E-state index in [0.29, 0.717) is 11.4 Å². The van der Waals surface area contributed by atoms with E-state index >= 15 is 0 Å². The Morgan fingerprint density at radius 3 is 2.30 bits per heavy atom. The number of anilines is 1. The van der Waals surface area contributed by atoms with Gasteiger partial charge in [0.2, 0.25) is 11.8 Å². The van der Waals surface area contributed by atoms with Crippen LogP contribution < -0.4 is 10.1 Å². The number of nitrogens with one attached hydrogen (secondary N) is 1. The molecule has 8 nitrogen and oxygen atoms in total. The maximum absolute atomic E-state index is 12.8. The molecule has 2 bridgehead atoms. The third-order valence-electron chi connectivity index (χ3n) is 6.11. The van der Waals surface area contributed by atoms with Crippen molar-refractivity contribution in [3.05, 3.63) is 24.3 Å². The molecule has 0 radical (unpaired) electrons. The Morgan fingerprint density at radius 1 is 1.10 bits per heavy atom. The van der Waals surface area contributed by atoms with Crippen LogP contribution in [-0.2, 0) is 23.9 Å². The number of hydrogen-bond acceptors (Lipinski definition) is 6. The van der Waals surface area contributed by atoms with Gasteiger partial charge in [-0.3, -0.25) is 24.1 Å². The molecular formula is C20H20Br2N2O6. The van der Waals surface area contributed by atoms with Gasteiger partial charge in [0.25, 0.3) is 5.91 Å². The van der Waals surface area contributed by atoms with E-state index in [-0.39, 0.29) is 45.1 Å². The number of ether oxygens (including phenoxy) is 2. The molecule has 1 aromatic rings. The van der Waals surface area contributed by atoms with Gasteiger partial charge in [0.15, 0.2) is 6.61 Å². The van der Waals surface area contributed by atoms with Gasteiger partial charge in [0, 0.05) is 9.65 Å². The number of benzene rings is 1. The summed E-state index contributed by atoms with van der Waals surface area (Å²) in [7, 11) is 1.48. The number of halogens is 2. The van der Waals surface area contributed by atoms with Gasteiger partial charge < -0.3 is 14.8 Å². The topological polar surface area (TPSA) is 102 Å². The van der Waals surface area contributed by atoms with Crippen LogP contribution in [0.5, 0.6) is 5.75 Å². The number of likely N-dealkylation sites (tertiary alicyclic amines) is 1. The molecule has 1 aromatic carbocycles. The Morgan fingerprint density at radius 2 is 1.70 bits per heavy atom. The fraction of sp³-hybridized carbons (Fsp3) is 0.500. The van der Waals surface area contributed by atoms with Crippen LogP contribution in [0.25, 0.3) is 0 Å². The Kier molecular flexibility index (Phi) is 5.89. The van der Waals surface area contributed by atoms with Crippen LogP contribution in [-0.4, -0.2) is 58.5 Å². The third-order valence-corrected chi connectivity index (χ3v) is 9.32. The zero-order valence-corrected chi connectivity index (χ0v) is 19.2. The molecule has 6 atom stereocenters. The zero-order valence-electron chi connectivity index (χ0n) is 16.0. The van der Waals surface area contributed by atoms with Crippen LogP contribution in [0.1, 0.15) is 6.42 Å². The number of imide groups is 1. The molecule has 1 aliphatic heterocycles. The van der Waals surface area contributed by atoms with E-state index in [4.69, 9.17) is 9.47 Å². The molecule has 160 valence electrons. The van der Waals surface area contributed by atoms with Crippen LogP contribution in [0.3, 0.4) is 0 Å². The first-order valence-corrected chi connectivity index (χ1v) is 11.4. The van der Waals surface area contributed by atoms with Gasteiger partial charge in [0.05, 0.1) is 24.6 Å². The number of esters is 1. The molecule has 2 aliphatic carbocycles. The van der Waals surface area contributed by atoms with Crippen molar-refractivity contribution in [3.8, 4) is 5.75 Å². The molecule has 30 heavy (non-hydrogen) atoms. The molecule has 1 saturated heterocycles. The highest BCUT2D eigenvalue weighted by molar-refractivity contribution is 9.12. The van der Waals surface area contributed by atoms with Crippen molar-refractivity contribution in [2.75, 3.05) is 25.6 Å². The summed E-state index contributed by atoms with van der Waals surface area (Å²) in [6.45, 7) is -1.01. The number of methoxy groups -OCH3 is 1. The summed E-state index contributed by atoms with van der Waals surface area (Å²) in [4.78, 5) is 51.1. The molecule has 2 saturated carbocycles. The number of nitrogens with zero attached hydrogens (tertiary/aromatic N) is 1. The predicted molar refractivity (Wildman–Crippen MR) is 113 cm³/mol. The number of rotatable bonds is 6. The maximum atomic E-state index is 12.8. The summed E-state index contributed by atoms with van der Waals surface area (Å²) >= 11 is 7.24. The van der Waals surface area contributed by atoms with Crippen molar-refractivity contribution >= 4 is 61.2 Å². The summed E-state index contributed by atoms with van der Waals surface area (Å²) in [6.07, 6.45) is 0.819. The Balaban J connectivity index is 1.32. The Hall–Kier alpha value is -1.94. The van der Waals surface area contributed by atoms with E-state index in [1.807, 2.05) is 0 Å². The standard InChI is InChI=1S/C20H20Br2N2O6/c1-29-12-5-3-2-4-11(12)23-13(25)8-30-14(26)7-24-19(27)15-9-6-10(16(15)20(24)28)18(22)17(9)21/h2-5,9-10,15-18H,6-8H2,1H3,(H,23,25)/t9-,10-,15-,16+,17+,18+/m1/s1. The summed E-state index contributed by atoms with van der Waals surface area (Å²) in [5, 5.41) is 2.59. The number of fused-ring (bicyclic) bond motifs is 5. The van der Waals surface area contributed by atoms with E-state index in [0.717, 1.165) is 11.3 Å². The third kappa shape index (κ3) is 3.53. The monoisotopic (exact) mass is 542 g/mol. The second-order valence-corrected chi connectivity index (χ2v) is 9.79. The van der Waals surface area contributed by atoms with Crippen LogP contribution in [0.15, 0.2) is 24.3 Å². The first-order chi connectivity index (χ1) is 14.3. The molecule has 0 unspecified atom stereocenters.